The number of amides is 1. The highest BCUT2D eigenvalue weighted by Gasteiger charge is 2.31. The second-order valence-electron chi connectivity index (χ2n) is 6.84. The van der Waals surface area contributed by atoms with Crippen LogP contribution in [0, 0.1) is 0 Å². The maximum absolute atomic E-state index is 13.1. The van der Waals surface area contributed by atoms with Crippen molar-refractivity contribution in [2.45, 2.75) is 23.1 Å². The molecule has 2 aliphatic heterocycles. The van der Waals surface area contributed by atoms with E-state index in [0.717, 1.165) is 61.9 Å². The molecule has 0 radical (unpaired) electrons. The fourth-order valence-corrected chi connectivity index (χ4v) is 5.57. The summed E-state index contributed by atoms with van der Waals surface area (Å²) in [7, 11) is 0. The molecule has 7 heteroatoms. The highest BCUT2D eigenvalue weighted by Crippen LogP contribution is 2.29. The van der Waals surface area contributed by atoms with E-state index >= 15 is 0 Å². The van der Waals surface area contributed by atoms with E-state index in [1.807, 2.05) is 18.2 Å². The van der Waals surface area contributed by atoms with Gasteiger partial charge >= 0.3 is 0 Å². The summed E-state index contributed by atoms with van der Waals surface area (Å²) in [6.45, 7) is 6.05. The zero-order valence-electron chi connectivity index (χ0n) is 15.3. The van der Waals surface area contributed by atoms with Crippen LogP contribution in [0.25, 0.3) is 0 Å². The van der Waals surface area contributed by atoms with E-state index < -0.39 is 0 Å². The highest BCUT2D eigenvalue weighted by molar-refractivity contribution is 7.98. The Morgan fingerprint density at radius 1 is 1.15 bits per heavy atom. The van der Waals surface area contributed by atoms with Crippen LogP contribution in [0.4, 0.5) is 0 Å². The molecule has 2 aliphatic rings. The number of hydrogen-bond donors (Lipinski definition) is 1. The Morgan fingerprint density at radius 2 is 1.96 bits per heavy atom. The minimum absolute atomic E-state index is 0. The molecule has 2 aromatic rings. The Labute approximate surface area is 175 Å². The van der Waals surface area contributed by atoms with Gasteiger partial charge in [-0.3, -0.25) is 9.69 Å². The number of hydrogen-bond acceptors (Lipinski definition) is 5. The molecule has 0 spiro atoms. The number of halogens is 1. The third-order valence-electron chi connectivity index (χ3n) is 5.19. The number of likely N-dealkylation sites (tertiary alicyclic amines) is 1. The fraction of sp³-hybridized carbons (Fsp3) is 0.450. The second-order valence-corrected chi connectivity index (χ2v) is 8.89. The number of carbonyl (C=O) groups excluding carboxylic acids is 1. The van der Waals surface area contributed by atoms with Crippen LogP contribution in [0.5, 0.6) is 0 Å². The average Bonchev–Trinajstić information content (AvgIpc) is 3.39. The SMILES string of the molecule is Cl.O=C(c1ccccc1SCc1cccs1)N1CCC(N2CCNCC2)C1. The number of nitrogens with zero attached hydrogens (tertiary/aromatic N) is 2. The molecule has 1 N–H and O–H groups in total. The summed E-state index contributed by atoms with van der Waals surface area (Å²) in [5.41, 5.74) is 0.856. The molecule has 0 aliphatic carbocycles. The van der Waals surface area contributed by atoms with Crippen molar-refractivity contribution in [3.05, 3.63) is 52.2 Å². The first-order chi connectivity index (χ1) is 12.8. The molecule has 3 heterocycles. The number of rotatable bonds is 5. The molecule has 1 amide bonds. The molecular weight excluding hydrogens is 398 g/mol. The summed E-state index contributed by atoms with van der Waals surface area (Å²) in [6, 6.07) is 12.8. The normalized spacial score (nSPS) is 20.4. The Kier molecular flexibility index (Phi) is 7.61. The number of benzene rings is 1. The van der Waals surface area contributed by atoms with Gasteiger partial charge in [0.05, 0.1) is 5.56 Å². The lowest BCUT2D eigenvalue weighted by Gasteiger charge is -2.32. The predicted molar refractivity (Wildman–Crippen MR) is 116 cm³/mol. The molecule has 0 saturated carbocycles. The van der Waals surface area contributed by atoms with Gasteiger partial charge in [-0.15, -0.1) is 35.5 Å². The van der Waals surface area contributed by atoms with Gasteiger partial charge < -0.3 is 10.2 Å². The minimum atomic E-state index is 0. The molecule has 1 aromatic heterocycles. The molecule has 1 aromatic carbocycles. The Hall–Kier alpha value is -1.05. The van der Waals surface area contributed by atoms with Crippen molar-refractivity contribution in [1.82, 2.24) is 15.1 Å². The molecule has 2 fully saturated rings. The van der Waals surface area contributed by atoms with E-state index in [4.69, 9.17) is 0 Å². The van der Waals surface area contributed by atoms with Gasteiger partial charge in [0.15, 0.2) is 0 Å². The summed E-state index contributed by atoms with van der Waals surface area (Å²) in [5, 5.41) is 5.51. The van der Waals surface area contributed by atoms with Crippen molar-refractivity contribution in [1.29, 1.82) is 0 Å². The quantitative estimate of drug-likeness (QED) is 0.745. The number of thioether (sulfide) groups is 1. The van der Waals surface area contributed by atoms with Gasteiger partial charge in [-0.2, -0.15) is 0 Å². The van der Waals surface area contributed by atoms with E-state index in [-0.39, 0.29) is 18.3 Å². The minimum Gasteiger partial charge on any atom is -0.337 e. The standard InChI is InChI=1S/C20H25N3OS2.ClH/c24-20(23-10-7-16(14-23)22-11-8-21-9-12-22)18-5-1-2-6-19(18)26-15-17-4-3-13-25-17;/h1-6,13,16,21H,7-12,14-15H2;1H. The van der Waals surface area contributed by atoms with Gasteiger partial charge in [-0.1, -0.05) is 18.2 Å². The topological polar surface area (TPSA) is 35.6 Å². The maximum atomic E-state index is 13.1. The first kappa shape index (κ1) is 20.7. The number of carbonyl (C=O) groups is 1. The van der Waals surface area contributed by atoms with Crippen LogP contribution >= 0.6 is 35.5 Å². The molecule has 146 valence electrons. The fourth-order valence-electron chi connectivity index (χ4n) is 3.75. The lowest BCUT2D eigenvalue weighted by molar-refractivity contribution is 0.0770. The van der Waals surface area contributed by atoms with Gasteiger partial charge in [0, 0.05) is 60.8 Å². The lowest BCUT2D eigenvalue weighted by Crippen LogP contribution is -2.49. The van der Waals surface area contributed by atoms with Crippen LogP contribution in [0.1, 0.15) is 21.7 Å². The molecular formula is C20H26ClN3OS2. The molecule has 1 unspecified atom stereocenters. The molecule has 4 rings (SSSR count). The first-order valence-corrected chi connectivity index (χ1v) is 11.2. The monoisotopic (exact) mass is 423 g/mol. The van der Waals surface area contributed by atoms with Crippen LogP contribution in [0.3, 0.4) is 0 Å². The number of piperazine rings is 1. The van der Waals surface area contributed by atoms with Gasteiger partial charge in [-0.05, 0) is 30.0 Å². The van der Waals surface area contributed by atoms with Gasteiger partial charge in [-0.25, -0.2) is 0 Å². The molecule has 0 bridgehead atoms. The first-order valence-electron chi connectivity index (χ1n) is 9.29. The van der Waals surface area contributed by atoms with Crippen molar-refractivity contribution in [3.8, 4) is 0 Å². The number of thiophene rings is 1. The van der Waals surface area contributed by atoms with Crippen LogP contribution in [-0.2, 0) is 5.75 Å². The maximum Gasteiger partial charge on any atom is 0.255 e. The summed E-state index contributed by atoms with van der Waals surface area (Å²) in [5.74, 6) is 1.11. The molecule has 27 heavy (non-hydrogen) atoms. The highest BCUT2D eigenvalue weighted by atomic mass is 35.5. The van der Waals surface area contributed by atoms with E-state index in [2.05, 4.69) is 38.7 Å². The van der Waals surface area contributed by atoms with Crippen LogP contribution in [0.15, 0.2) is 46.7 Å². The van der Waals surface area contributed by atoms with E-state index in [9.17, 15) is 4.79 Å². The smallest absolute Gasteiger partial charge is 0.255 e. The van der Waals surface area contributed by atoms with Gasteiger partial charge in [0.2, 0.25) is 0 Å². The van der Waals surface area contributed by atoms with Crippen molar-refractivity contribution < 1.29 is 4.79 Å². The van der Waals surface area contributed by atoms with Gasteiger partial charge in [0.25, 0.3) is 5.91 Å². The number of nitrogens with one attached hydrogen (secondary N) is 1. The zero-order chi connectivity index (χ0) is 17.8. The van der Waals surface area contributed by atoms with Crippen LogP contribution in [0.2, 0.25) is 0 Å². The Bertz CT molecular complexity index is 735. The lowest BCUT2D eigenvalue weighted by atomic mass is 10.2. The van der Waals surface area contributed by atoms with Crippen molar-refractivity contribution in [2.75, 3.05) is 39.3 Å². The van der Waals surface area contributed by atoms with Crippen LogP contribution < -0.4 is 5.32 Å². The van der Waals surface area contributed by atoms with E-state index in [0.29, 0.717) is 6.04 Å². The van der Waals surface area contributed by atoms with E-state index in [1.165, 1.54) is 4.88 Å². The largest absolute Gasteiger partial charge is 0.337 e. The summed E-state index contributed by atoms with van der Waals surface area (Å²) in [6.07, 6.45) is 1.09. The predicted octanol–water partition coefficient (Wildman–Crippen LogP) is 3.58. The third-order valence-corrected chi connectivity index (χ3v) is 7.37. The van der Waals surface area contributed by atoms with Crippen molar-refractivity contribution in [3.63, 3.8) is 0 Å². The molecule has 1 atom stereocenters. The Balaban J connectivity index is 0.00000210. The summed E-state index contributed by atoms with van der Waals surface area (Å²) in [4.78, 5) is 20.2. The molecule has 2 saturated heterocycles. The summed E-state index contributed by atoms with van der Waals surface area (Å²) >= 11 is 3.54. The second kappa shape index (κ2) is 9.94. The average molecular weight is 424 g/mol. The summed E-state index contributed by atoms with van der Waals surface area (Å²) < 4.78 is 0. The van der Waals surface area contributed by atoms with Crippen molar-refractivity contribution >= 4 is 41.4 Å². The zero-order valence-corrected chi connectivity index (χ0v) is 17.8. The molecule has 4 nitrogen and oxygen atoms in total. The third kappa shape index (κ3) is 5.06. The Morgan fingerprint density at radius 3 is 2.74 bits per heavy atom. The van der Waals surface area contributed by atoms with Crippen molar-refractivity contribution in [2.24, 2.45) is 0 Å². The van der Waals surface area contributed by atoms with Crippen LogP contribution in [-0.4, -0.2) is 61.0 Å². The van der Waals surface area contributed by atoms with Gasteiger partial charge in [0.1, 0.15) is 0 Å². The van der Waals surface area contributed by atoms with E-state index in [1.54, 1.807) is 23.1 Å².